The van der Waals surface area contributed by atoms with Gasteiger partial charge in [0.05, 0.1) is 12.0 Å². The van der Waals surface area contributed by atoms with Crippen LogP contribution >= 0.6 is 7.82 Å². The minimum Gasteiger partial charge on any atom is -0.387 e. The van der Waals surface area contributed by atoms with Crippen LogP contribution in [0.4, 0.5) is 5.82 Å². The van der Waals surface area contributed by atoms with Gasteiger partial charge in [-0.15, -0.1) is 0 Å². The molecule has 1 fully saturated rings. The normalized spacial score (nSPS) is 27.9. The summed E-state index contributed by atoms with van der Waals surface area (Å²) in [5, 5.41) is 21.7. The van der Waals surface area contributed by atoms with Gasteiger partial charge < -0.3 is 44.5 Å². The quantitative estimate of drug-likeness (QED) is 0.276. The molecule has 0 unspecified atom stereocenters. The number of aromatic nitrogens is 3. The molecule has 2 aromatic heterocycles. The van der Waals surface area contributed by atoms with Crippen molar-refractivity contribution in [2.24, 2.45) is 0 Å². The van der Waals surface area contributed by atoms with Gasteiger partial charge in [0.1, 0.15) is 35.6 Å². The molecule has 6 N–H and O–H groups in total. The monoisotopic (exact) mass is 434 g/mol. The largest absolute Gasteiger partial charge is 0.469 e. The first-order valence-electron chi connectivity index (χ1n) is 8.43. The Hall–Kier alpha value is -1.67. The van der Waals surface area contributed by atoms with E-state index >= 15 is 0 Å². The molecule has 14 heteroatoms. The van der Waals surface area contributed by atoms with Gasteiger partial charge >= 0.3 is 7.82 Å². The third-order valence-electron chi connectivity index (χ3n) is 4.76. The smallest absolute Gasteiger partial charge is 0.387 e. The fraction of sp³-hybridized carbons (Fsp3) is 0.600. The summed E-state index contributed by atoms with van der Waals surface area (Å²) in [6.07, 6.45) is -1.99. The van der Waals surface area contributed by atoms with Crippen LogP contribution in [0, 0.1) is 0 Å². The third kappa shape index (κ3) is 4.01. The van der Waals surface area contributed by atoms with Gasteiger partial charge in [0.25, 0.3) is 0 Å². The SMILES string of the molecule is COC(OC)c1cn([C@@H]2O[C@H](COP(=O)(O)O)[C@@H](O)[C@@]2(C)O)c2ncnc(N)c12. The van der Waals surface area contributed by atoms with Gasteiger partial charge in [-0.1, -0.05) is 0 Å². The average Bonchev–Trinajstić information content (AvgIpc) is 3.11. The second-order valence-electron chi connectivity index (χ2n) is 6.74. The van der Waals surface area contributed by atoms with Crippen molar-refractivity contribution >= 4 is 24.7 Å². The lowest BCUT2D eigenvalue weighted by molar-refractivity contribution is -0.107. The highest BCUT2D eigenvalue weighted by atomic mass is 31.2. The highest BCUT2D eigenvalue weighted by molar-refractivity contribution is 7.46. The zero-order valence-corrected chi connectivity index (χ0v) is 16.8. The van der Waals surface area contributed by atoms with Crippen molar-refractivity contribution < 1.29 is 43.3 Å². The first-order chi connectivity index (χ1) is 13.5. The topological polar surface area (TPSA) is 192 Å². The fourth-order valence-electron chi connectivity index (χ4n) is 3.39. The second-order valence-corrected chi connectivity index (χ2v) is 7.98. The summed E-state index contributed by atoms with van der Waals surface area (Å²) in [6.45, 7) is 0.681. The molecule has 0 saturated carbocycles. The maximum absolute atomic E-state index is 11.0. The van der Waals surface area contributed by atoms with E-state index in [0.29, 0.717) is 10.9 Å². The van der Waals surface area contributed by atoms with Crippen molar-refractivity contribution in [3.8, 4) is 0 Å². The van der Waals surface area contributed by atoms with Crippen molar-refractivity contribution in [1.29, 1.82) is 0 Å². The van der Waals surface area contributed by atoms with E-state index in [1.807, 2.05) is 0 Å². The Morgan fingerprint density at radius 1 is 1.38 bits per heavy atom. The third-order valence-corrected chi connectivity index (χ3v) is 5.25. The van der Waals surface area contributed by atoms with Gasteiger partial charge in [-0.2, -0.15) is 0 Å². The summed E-state index contributed by atoms with van der Waals surface area (Å²) in [4.78, 5) is 25.9. The number of aliphatic hydroxyl groups excluding tert-OH is 1. The molecule has 1 saturated heterocycles. The molecule has 0 aromatic carbocycles. The molecular weight excluding hydrogens is 411 g/mol. The number of nitrogens with two attached hydrogens (primary N) is 1. The lowest BCUT2D eigenvalue weighted by Gasteiger charge is -2.27. The Kier molecular flexibility index (Phi) is 5.98. The van der Waals surface area contributed by atoms with Gasteiger partial charge in [0.2, 0.25) is 0 Å². The van der Waals surface area contributed by atoms with Crippen LogP contribution in [0.25, 0.3) is 11.0 Å². The standard InChI is InChI=1S/C15H23N4O9P/c1-15(21)10(20)8(5-27-29(22,23)24)28-14(15)19-4-7(13(25-2)26-3)9-11(16)17-6-18-12(9)19/h4,6,8,10,13-14,20-21H,5H2,1-3H3,(H2,16,17,18)(H2,22,23,24)/t8-,10-,14-,15-/m1/s1. The van der Waals surface area contributed by atoms with Crippen LogP contribution in [0.2, 0.25) is 0 Å². The molecule has 0 spiro atoms. The van der Waals surface area contributed by atoms with Gasteiger partial charge in [-0.3, -0.25) is 4.52 Å². The van der Waals surface area contributed by atoms with Crippen LogP contribution in [0.3, 0.4) is 0 Å². The Morgan fingerprint density at radius 3 is 2.62 bits per heavy atom. The predicted octanol–water partition coefficient (Wildman–Crippen LogP) is -0.577. The Labute approximate surface area is 165 Å². The van der Waals surface area contributed by atoms with E-state index in [0.717, 1.165) is 0 Å². The van der Waals surface area contributed by atoms with E-state index in [9.17, 15) is 14.8 Å². The molecule has 0 amide bonds. The number of methoxy groups -OCH3 is 2. The number of hydrogen-bond acceptors (Lipinski definition) is 10. The van der Waals surface area contributed by atoms with E-state index in [4.69, 9.17) is 29.7 Å². The van der Waals surface area contributed by atoms with E-state index in [-0.39, 0.29) is 11.5 Å². The lowest BCUT2D eigenvalue weighted by atomic mass is 9.96. The number of aliphatic hydroxyl groups is 2. The number of nitrogens with zero attached hydrogens (tertiary/aromatic N) is 3. The molecule has 0 aliphatic carbocycles. The van der Waals surface area contributed by atoms with Gasteiger partial charge in [-0.25, -0.2) is 14.5 Å². The molecule has 1 aliphatic rings. The van der Waals surface area contributed by atoms with E-state index in [2.05, 4.69) is 14.5 Å². The number of hydrogen-bond donors (Lipinski definition) is 5. The van der Waals surface area contributed by atoms with Crippen molar-refractivity contribution in [3.63, 3.8) is 0 Å². The van der Waals surface area contributed by atoms with Crippen molar-refractivity contribution in [2.45, 2.75) is 37.3 Å². The minimum absolute atomic E-state index is 0.141. The molecule has 3 rings (SSSR count). The van der Waals surface area contributed by atoms with E-state index in [1.54, 1.807) is 0 Å². The number of phosphoric acid groups is 1. The van der Waals surface area contributed by atoms with E-state index in [1.165, 1.54) is 38.2 Å². The highest BCUT2D eigenvalue weighted by Gasteiger charge is 2.54. The van der Waals surface area contributed by atoms with Crippen LogP contribution in [-0.4, -0.2) is 73.2 Å². The molecule has 13 nitrogen and oxygen atoms in total. The van der Waals surface area contributed by atoms with Crippen LogP contribution in [0.1, 0.15) is 25.0 Å². The molecule has 3 heterocycles. The zero-order valence-electron chi connectivity index (χ0n) is 15.9. The van der Waals surface area contributed by atoms with Gasteiger partial charge in [0, 0.05) is 26.0 Å². The first-order valence-corrected chi connectivity index (χ1v) is 9.96. The molecule has 1 aliphatic heterocycles. The number of nitrogen functional groups attached to an aromatic ring is 1. The highest BCUT2D eigenvalue weighted by Crippen LogP contribution is 2.44. The number of fused-ring (bicyclic) bond motifs is 1. The summed E-state index contributed by atoms with van der Waals surface area (Å²) in [7, 11) is -1.93. The maximum Gasteiger partial charge on any atom is 0.469 e. The van der Waals surface area contributed by atoms with E-state index < -0.39 is 44.8 Å². The summed E-state index contributed by atoms with van der Waals surface area (Å²) in [6, 6.07) is 0. The Bertz CT molecular complexity index is 926. The molecule has 29 heavy (non-hydrogen) atoms. The molecule has 0 radical (unpaired) electrons. The Morgan fingerprint density at radius 2 is 2.03 bits per heavy atom. The number of anilines is 1. The number of phosphoric ester groups is 1. The van der Waals surface area contributed by atoms with Crippen molar-refractivity contribution in [1.82, 2.24) is 14.5 Å². The minimum atomic E-state index is -4.79. The predicted molar refractivity (Wildman–Crippen MR) is 97.2 cm³/mol. The van der Waals surface area contributed by atoms with Gasteiger partial charge in [-0.05, 0) is 6.92 Å². The molecule has 162 valence electrons. The summed E-state index contributed by atoms with van der Waals surface area (Å²) in [5.41, 5.74) is 4.88. The van der Waals surface area contributed by atoms with Crippen molar-refractivity contribution in [2.75, 3.05) is 26.6 Å². The molecule has 0 bridgehead atoms. The summed E-state index contributed by atoms with van der Waals surface area (Å²) in [5.74, 6) is 0.141. The summed E-state index contributed by atoms with van der Waals surface area (Å²) < 4.78 is 33.1. The van der Waals surface area contributed by atoms with Crippen LogP contribution in [-0.2, 0) is 23.3 Å². The average molecular weight is 434 g/mol. The maximum atomic E-state index is 11.0. The first kappa shape index (κ1) is 22.0. The second kappa shape index (κ2) is 7.87. The molecule has 2 aromatic rings. The summed E-state index contributed by atoms with van der Waals surface area (Å²) >= 11 is 0. The molecule has 4 atom stereocenters. The Balaban J connectivity index is 2.06. The molecular formula is C15H23N4O9P. The van der Waals surface area contributed by atoms with Gasteiger partial charge in [0.15, 0.2) is 12.5 Å². The fourth-order valence-corrected chi connectivity index (χ4v) is 3.73. The van der Waals surface area contributed by atoms with Crippen LogP contribution < -0.4 is 5.73 Å². The number of ether oxygens (including phenoxy) is 3. The number of rotatable bonds is 7. The lowest BCUT2D eigenvalue weighted by Crippen LogP contribution is -2.44. The zero-order chi connectivity index (χ0) is 21.6. The van der Waals surface area contributed by atoms with Crippen LogP contribution in [0.15, 0.2) is 12.5 Å². The van der Waals surface area contributed by atoms with Crippen molar-refractivity contribution in [3.05, 3.63) is 18.1 Å². The van der Waals surface area contributed by atoms with Crippen LogP contribution in [0.5, 0.6) is 0 Å².